The number of carbonyl (C=O) groups excluding carboxylic acids is 2. The van der Waals surface area contributed by atoms with Gasteiger partial charge in [-0.3, -0.25) is 15.0 Å². The van der Waals surface area contributed by atoms with Crippen molar-refractivity contribution in [3.05, 3.63) is 35.7 Å². The van der Waals surface area contributed by atoms with E-state index in [1.807, 2.05) is 19.1 Å². The van der Waals surface area contributed by atoms with Gasteiger partial charge in [-0.1, -0.05) is 6.07 Å². The molecule has 3 heterocycles. The van der Waals surface area contributed by atoms with E-state index in [1.165, 1.54) is 12.4 Å². The molecule has 2 fully saturated rings. The third-order valence-electron chi connectivity index (χ3n) is 6.02. The summed E-state index contributed by atoms with van der Waals surface area (Å²) < 4.78 is 12.0. The largest absolute Gasteiger partial charge is 0.492 e. The number of hydrogen-bond donors (Lipinski definition) is 1. The summed E-state index contributed by atoms with van der Waals surface area (Å²) >= 11 is 0. The lowest BCUT2D eigenvalue weighted by Gasteiger charge is -2.16. The van der Waals surface area contributed by atoms with Crippen molar-refractivity contribution >= 4 is 23.5 Å². The molecule has 1 saturated heterocycles. The van der Waals surface area contributed by atoms with Crippen LogP contribution in [-0.2, 0) is 15.0 Å². The first-order valence-electron chi connectivity index (χ1n) is 9.49. The molecule has 1 spiro atoms. The van der Waals surface area contributed by atoms with Gasteiger partial charge >= 0.3 is 0 Å². The molecule has 0 atom stereocenters. The average Bonchev–Trinajstić information content (AvgIpc) is 3.34. The van der Waals surface area contributed by atoms with Crippen molar-refractivity contribution in [2.24, 2.45) is 5.41 Å². The predicted molar refractivity (Wildman–Crippen MR) is 104 cm³/mol. The maximum absolute atomic E-state index is 12.5. The van der Waals surface area contributed by atoms with Crippen LogP contribution < -0.4 is 14.4 Å². The molecule has 2 amide bonds. The Balaban J connectivity index is 1.44. The molecule has 0 bridgehead atoms. The maximum atomic E-state index is 12.5. The normalized spacial score (nSPS) is 20.8. The van der Waals surface area contributed by atoms with Crippen molar-refractivity contribution < 1.29 is 19.1 Å². The average molecular weight is 392 g/mol. The molecule has 5 rings (SSSR count). The molecule has 1 aliphatic carbocycles. The Morgan fingerprint density at radius 2 is 1.86 bits per heavy atom. The topological polar surface area (TPSA) is 105 Å². The predicted octanol–water partition coefficient (Wildman–Crippen LogP) is 2.92. The minimum absolute atomic E-state index is 0.0534. The van der Waals surface area contributed by atoms with Gasteiger partial charge in [-0.2, -0.15) is 0 Å². The van der Waals surface area contributed by atoms with Crippen molar-refractivity contribution in [1.82, 2.24) is 9.97 Å². The highest BCUT2D eigenvalue weighted by atomic mass is 16.5. The van der Waals surface area contributed by atoms with Crippen molar-refractivity contribution in [2.75, 3.05) is 11.5 Å². The Hall–Kier alpha value is -3.29. The van der Waals surface area contributed by atoms with Crippen LogP contribution in [0.2, 0.25) is 0 Å². The van der Waals surface area contributed by atoms with Gasteiger partial charge in [0.1, 0.15) is 17.2 Å². The number of hydrogen-bond acceptors (Lipinski definition) is 7. The van der Waals surface area contributed by atoms with Gasteiger partial charge in [0.05, 0.1) is 24.4 Å². The van der Waals surface area contributed by atoms with Gasteiger partial charge in [0.15, 0.2) is 5.75 Å². The monoisotopic (exact) mass is 392 g/mol. The van der Waals surface area contributed by atoms with Crippen molar-refractivity contribution in [3.8, 4) is 17.2 Å². The van der Waals surface area contributed by atoms with E-state index in [0.29, 0.717) is 18.1 Å². The highest BCUT2D eigenvalue weighted by molar-refractivity contribution is 6.57. The number of aromatic nitrogens is 2. The molecular formula is C21H20N4O4. The lowest BCUT2D eigenvalue weighted by Crippen LogP contribution is -2.34. The molecule has 29 heavy (non-hydrogen) atoms. The minimum Gasteiger partial charge on any atom is -0.492 e. The van der Waals surface area contributed by atoms with Crippen molar-refractivity contribution in [1.29, 1.82) is 5.41 Å². The van der Waals surface area contributed by atoms with Crippen molar-refractivity contribution in [2.45, 2.75) is 39.0 Å². The third kappa shape index (κ3) is 2.41. The molecule has 3 aliphatic rings. The molecule has 2 aromatic rings. The fourth-order valence-corrected chi connectivity index (χ4v) is 3.91. The second kappa shape index (κ2) is 5.62. The first-order valence-corrected chi connectivity index (χ1v) is 9.49. The number of nitrogens with one attached hydrogen (secondary N) is 1. The number of imide groups is 1. The summed E-state index contributed by atoms with van der Waals surface area (Å²) in [6, 6.07) is 3.88. The first kappa shape index (κ1) is 17.8. The van der Waals surface area contributed by atoms with Crippen LogP contribution in [-0.4, -0.2) is 34.1 Å². The summed E-state index contributed by atoms with van der Waals surface area (Å²) in [4.78, 5) is 33.9. The van der Waals surface area contributed by atoms with E-state index in [1.54, 1.807) is 13.8 Å². The second-order valence-corrected chi connectivity index (χ2v) is 8.42. The zero-order valence-electron chi connectivity index (χ0n) is 16.4. The summed E-state index contributed by atoms with van der Waals surface area (Å²) in [5, 5.41) is 7.89. The van der Waals surface area contributed by atoms with E-state index < -0.39 is 17.2 Å². The molecule has 1 N–H and O–H groups in total. The second-order valence-electron chi connectivity index (χ2n) is 8.42. The Labute approximate surface area is 167 Å². The number of benzene rings is 1. The Morgan fingerprint density at radius 3 is 2.45 bits per heavy atom. The summed E-state index contributed by atoms with van der Waals surface area (Å²) in [7, 11) is 0. The van der Waals surface area contributed by atoms with Crippen LogP contribution in [0.5, 0.6) is 17.2 Å². The van der Waals surface area contributed by atoms with Gasteiger partial charge < -0.3 is 9.47 Å². The number of nitrogens with zero attached hydrogens (tertiary/aromatic N) is 3. The molecule has 2 aliphatic heterocycles. The SMILES string of the molecule is Cc1ccc(Oc2cnc(N3C(=O)C(=N)C(C)(C)C3=O)nc2)c2c1OCC21CC1. The number of fused-ring (bicyclic) bond motifs is 2. The van der Waals surface area contributed by atoms with Gasteiger partial charge in [0.25, 0.3) is 5.91 Å². The lowest BCUT2D eigenvalue weighted by atomic mass is 9.90. The van der Waals surface area contributed by atoms with E-state index >= 15 is 0 Å². The van der Waals surface area contributed by atoms with Crippen LogP contribution in [0, 0.1) is 17.7 Å². The first-order chi connectivity index (χ1) is 13.7. The number of ether oxygens (including phenoxy) is 2. The van der Waals surface area contributed by atoms with E-state index in [4.69, 9.17) is 14.9 Å². The molecule has 0 unspecified atom stereocenters. The molecule has 8 heteroatoms. The van der Waals surface area contributed by atoms with Gasteiger partial charge in [0.2, 0.25) is 11.9 Å². The number of rotatable bonds is 3. The van der Waals surface area contributed by atoms with E-state index in [0.717, 1.165) is 34.6 Å². The molecule has 1 aromatic heterocycles. The zero-order valence-corrected chi connectivity index (χ0v) is 16.4. The maximum Gasteiger partial charge on any atom is 0.282 e. The smallest absolute Gasteiger partial charge is 0.282 e. The van der Waals surface area contributed by atoms with Crippen LogP contribution in [0.4, 0.5) is 5.95 Å². The third-order valence-corrected chi connectivity index (χ3v) is 6.02. The summed E-state index contributed by atoms with van der Waals surface area (Å²) in [5.74, 6) is 0.748. The van der Waals surface area contributed by atoms with Gasteiger partial charge in [-0.05, 0) is 45.2 Å². The Kier molecular flexibility index (Phi) is 3.45. The van der Waals surface area contributed by atoms with Crippen LogP contribution >= 0.6 is 0 Å². The number of anilines is 1. The molecular weight excluding hydrogens is 372 g/mol. The van der Waals surface area contributed by atoms with Crippen LogP contribution in [0.15, 0.2) is 24.5 Å². The fraction of sp³-hybridized carbons (Fsp3) is 0.381. The van der Waals surface area contributed by atoms with Crippen LogP contribution in [0.3, 0.4) is 0 Å². The minimum atomic E-state index is -1.18. The Bertz CT molecular complexity index is 1090. The Morgan fingerprint density at radius 1 is 1.17 bits per heavy atom. The number of carbonyl (C=O) groups is 2. The zero-order chi connectivity index (χ0) is 20.6. The highest BCUT2D eigenvalue weighted by Crippen LogP contribution is 2.59. The summed E-state index contributed by atoms with van der Waals surface area (Å²) in [5.41, 5.74) is 0.783. The molecule has 0 radical (unpaired) electrons. The van der Waals surface area contributed by atoms with Gasteiger partial charge in [0, 0.05) is 11.0 Å². The fourth-order valence-electron chi connectivity index (χ4n) is 3.91. The van der Waals surface area contributed by atoms with Gasteiger partial charge in [-0.25, -0.2) is 14.9 Å². The van der Waals surface area contributed by atoms with E-state index in [-0.39, 0.29) is 17.1 Å². The van der Waals surface area contributed by atoms with E-state index in [2.05, 4.69) is 9.97 Å². The van der Waals surface area contributed by atoms with E-state index in [9.17, 15) is 9.59 Å². The standard InChI is InChI=1S/C21H20N4O4/c1-11-4-5-13(14-15(11)28-10-21(14)6-7-21)29-12-8-23-19(24-9-12)25-17(26)16(22)20(2,3)18(25)27/h4-5,8-9,22H,6-7,10H2,1-3H3. The van der Waals surface area contributed by atoms with Crippen molar-refractivity contribution in [3.63, 3.8) is 0 Å². The van der Waals surface area contributed by atoms with Crippen LogP contribution in [0.1, 0.15) is 37.8 Å². The molecule has 1 aromatic carbocycles. The summed E-state index contributed by atoms with van der Waals surface area (Å²) in [6.45, 7) is 5.78. The quantitative estimate of drug-likeness (QED) is 0.805. The lowest BCUT2D eigenvalue weighted by molar-refractivity contribution is -0.124. The highest BCUT2D eigenvalue weighted by Gasteiger charge is 2.53. The number of aryl methyl sites for hydroxylation is 1. The summed E-state index contributed by atoms with van der Waals surface area (Å²) in [6.07, 6.45) is 5.02. The number of amides is 2. The van der Waals surface area contributed by atoms with Crippen LogP contribution in [0.25, 0.3) is 0 Å². The van der Waals surface area contributed by atoms with Gasteiger partial charge in [-0.15, -0.1) is 0 Å². The molecule has 8 nitrogen and oxygen atoms in total. The molecule has 1 saturated carbocycles. The molecule has 148 valence electrons.